The molecule has 152 valence electrons. The summed E-state index contributed by atoms with van der Waals surface area (Å²) in [5.41, 5.74) is 4.21. The van der Waals surface area contributed by atoms with Crippen molar-refractivity contribution in [2.45, 2.75) is 20.8 Å². The molecule has 0 aliphatic carbocycles. The number of aryl methyl sites for hydroxylation is 3. The van der Waals surface area contributed by atoms with Gasteiger partial charge < -0.3 is 0 Å². The highest BCUT2D eigenvalue weighted by Crippen LogP contribution is 2.27. The molecular formula is C20H22N4O3S2. The number of carbonyl (C=O) groups is 1. The molecule has 0 spiro atoms. The van der Waals surface area contributed by atoms with E-state index in [1.807, 2.05) is 57.2 Å². The lowest BCUT2D eigenvalue weighted by molar-refractivity contribution is -0.114. The second-order valence-electron chi connectivity index (χ2n) is 6.89. The minimum absolute atomic E-state index is 0.319. The van der Waals surface area contributed by atoms with Gasteiger partial charge in [0.05, 0.1) is 11.9 Å². The zero-order valence-corrected chi connectivity index (χ0v) is 18.3. The molecule has 2 aromatic carbocycles. The Morgan fingerprint density at radius 3 is 2.34 bits per heavy atom. The van der Waals surface area contributed by atoms with Crippen molar-refractivity contribution in [3.05, 3.63) is 59.2 Å². The van der Waals surface area contributed by atoms with Crippen molar-refractivity contribution in [3.8, 4) is 10.6 Å². The monoisotopic (exact) mass is 430 g/mol. The number of anilines is 2. The number of hydrogen-bond donors (Lipinski definition) is 1. The van der Waals surface area contributed by atoms with Gasteiger partial charge in [0, 0.05) is 5.56 Å². The van der Waals surface area contributed by atoms with E-state index in [1.54, 1.807) is 6.07 Å². The fourth-order valence-corrected chi connectivity index (χ4v) is 4.42. The molecule has 3 rings (SSSR count). The summed E-state index contributed by atoms with van der Waals surface area (Å²) in [5, 5.41) is 11.7. The van der Waals surface area contributed by atoms with E-state index < -0.39 is 15.9 Å². The molecule has 1 heterocycles. The lowest BCUT2D eigenvalue weighted by Crippen LogP contribution is -2.37. The van der Waals surface area contributed by atoms with E-state index in [1.165, 1.54) is 11.3 Å². The highest BCUT2D eigenvalue weighted by molar-refractivity contribution is 7.92. The first kappa shape index (κ1) is 20.9. The Balaban J connectivity index is 1.78. The number of carbonyl (C=O) groups excluding carboxylic acids is 1. The van der Waals surface area contributed by atoms with Crippen LogP contribution in [0.2, 0.25) is 0 Å². The van der Waals surface area contributed by atoms with Crippen LogP contribution in [0.1, 0.15) is 16.7 Å². The molecule has 0 saturated carbocycles. The lowest BCUT2D eigenvalue weighted by Gasteiger charge is -2.23. The topological polar surface area (TPSA) is 92.3 Å². The van der Waals surface area contributed by atoms with Gasteiger partial charge in [-0.1, -0.05) is 53.3 Å². The SMILES string of the molecule is Cc1ccc(-c2nnc(NC(=O)CN(c3cc(C)ccc3C)S(C)(=O)=O)s2)cc1. The van der Waals surface area contributed by atoms with E-state index in [9.17, 15) is 13.2 Å². The van der Waals surface area contributed by atoms with E-state index in [2.05, 4.69) is 15.5 Å². The summed E-state index contributed by atoms with van der Waals surface area (Å²) in [6.07, 6.45) is 1.09. The van der Waals surface area contributed by atoms with Crippen LogP contribution in [0.4, 0.5) is 10.8 Å². The third-order valence-corrected chi connectivity index (χ3v) is 6.30. The Kier molecular flexibility index (Phi) is 5.99. The van der Waals surface area contributed by atoms with E-state index in [0.717, 1.165) is 32.8 Å². The molecule has 7 nitrogen and oxygen atoms in total. The van der Waals surface area contributed by atoms with Crippen molar-refractivity contribution in [1.82, 2.24) is 10.2 Å². The number of hydrogen-bond acceptors (Lipinski definition) is 6. The minimum Gasteiger partial charge on any atom is -0.299 e. The molecule has 0 aliphatic heterocycles. The van der Waals surface area contributed by atoms with E-state index in [0.29, 0.717) is 15.8 Å². The lowest BCUT2D eigenvalue weighted by atomic mass is 10.1. The van der Waals surface area contributed by atoms with Crippen molar-refractivity contribution in [2.75, 3.05) is 22.4 Å². The molecule has 0 radical (unpaired) electrons. The maximum atomic E-state index is 12.6. The van der Waals surface area contributed by atoms with Gasteiger partial charge in [-0.2, -0.15) is 0 Å². The predicted molar refractivity (Wildman–Crippen MR) is 117 cm³/mol. The molecule has 1 N–H and O–H groups in total. The van der Waals surface area contributed by atoms with Crippen LogP contribution in [-0.2, 0) is 14.8 Å². The first-order valence-corrected chi connectivity index (χ1v) is 11.6. The van der Waals surface area contributed by atoms with Crippen LogP contribution in [-0.4, -0.2) is 37.3 Å². The fraction of sp³-hybridized carbons (Fsp3) is 0.250. The normalized spacial score (nSPS) is 11.3. The molecule has 0 aliphatic rings. The predicted octanol–water partition coefficient (Wildman–Crippen LogP) is 3.54. The van der Waals surface area contributed by atoms with Crippen LogP contribution in [0.25, 0.3) is 10.6 Å². The molecule has 3 aromatic rings. The number of aromatic nitrogens is 2. The molecule has 1 amide bonds. The van der Waals surface area contributed by atoms with E-state index in [4.69, 9.17) is 0 Å². The highest BCUT2D eigenvalue weighted by atomic mass is 32.2. The number of sulfonamides is 1. The molecule has 9 heteroatoms. The Morgan fingerprint density at radius 2 is 1.69 bits per heavy atom. The average Bonchev–Trinajstić information content (AvgIpc) is 3.10. The summed E-state index contributed by atoms with van der Waals surface area (Å²) in [4.78, 5) is 12.6. The number of nitrogens with one attached hydrogen (secondary N) is 1. The number of benzene rings is 2. The zero-order valence-electron chi connectivity index (χ0n) is 16.6. The van der Waals surface area contributed by atoms with Crippen LogP contribution in [0, 0.1) is 20.8 Å². The molecule has 29 heavy (non-hydrogen) atoms. The number of nitrogens with zero attached hydrogens (tertiary/aromatic N) is 3. The molecule has 0 fully saturated rings. The Hall–Kier alpha value is -2.78. The van der Waals surface area contributed by atoms with Crippen LogP contribution in [0.3, 0.4) is 0 Å². The molecular weight excluding hydrogens is 408 g/mol. The largest absolute Gasteiger partial charge is 0.299 e. The van der Waals surface area contributed by atoms with Crippen LogP contribution in [0.5, 0.6) is 0 Å². The quantitative estimate of drug-likeness (QED) is 0.646. The van der Waals surface area contributed by atoms with Crippen molar-refractivity contribution >= 4 is 38.1 Å². The first-order chi connectivity index (χ1) is 13.6. The Labute approximate surface area is 174 Å². The van der Waals surface area contributed by atoms with Gasteiger partial charge in [0.25, 0.3) is 0 Å². The van der Waals surface area contributed by atoms with Gasteiger partial charge in [0.1, 0.15) is 11.6 Å². The highest BCUT2D eigenvalue weighted by Gasteiger charge is 2.23. The summed E-state index contributed by atoms with van der Waals surface area (Å²) in [6.45, 7) is 5.34. The molecule has 0 unspecified atom stereocenters. The van der Waals surface area contributed by atoms with E-state index >= 15 is 0 Å². The van der Waals surface area contributed by atoms with Crippen molar-refractivity contribution < 1.29 is 13.2 Å². The van der Waals surface area contributed by atoms with Gasteiger partial charge in [-0.05, 0) is 38.0 Å². The van der Waals surface area contributed by atoms with Crippen LogP contribution in [0.15, 0.2) is 42.5 Å². The fourth-order valence-electron chi connectivity index (χ4n) is 2.74. The number of amides is 1. The second-order valence-corrected chi connectivity index (χ2v) is 9.77. The van der Waals surface area contributed by atoms with Gasteiger partial charge in [-0.15, -0.1) is 10.2 Å². The van der Waals surface area contributed by atoms with Crippen molar-refractivity contribution in [2.24, 2.45) is 0 Å². The van der Waals surface area contributed by atoms with Crippen molar-refractivity contribution in [1.29, 1.82) is 0 Å². The second kappa shape index (κ2) is 8.30. The minimum atomic E-state index is -3.65. The standard InChI is InChI=1S/C20H22N4O3S2/c1-13-6-9-16(10-7-13)19-22-23-20(28-19)21-18(25)12-24(29(4,26)27)17-11-14(2)5-8-15(17)3/h5-11H,12H2,1-4H3,(H,21,23,25). The smallest absolute Gasteiger partial charge is 0.246 e. The van der Waals surface area contributed by atoms with Gasteiger partial charge in [0.15, 0.2) is 0 Å². The van der Waals surface area contributed by atoms with Crippen LogP contribution < -0.4 is 9.62 Å². The third kappa shape index (κ3) is 5.18. The first-order valence-electron chi connectivity index (χ1n) is 8.89. The van der Waals surface area contributed by atoms with Crippen molar-refractivity contribution in [3.63, 3.8) is 0 Å². The van der Waals surface area contributed by atoms with Gasteiger partial charge in [-0.3, -0.25) is 14.4 Å². The summed E-state index contributed by atoms with van der Waals surface area (Å²) in [7, 11) is -3.65. The maximum absolute atomic E-state index is 12.6. The molecule has 1 aromatic heterocycles. The average molecular weight is 431 g/mol. The summed E-state index contributed by atoms with van der Waals surface area (Å²) in [5.74, 6) is -0.483. The summed E-state index contributed by atoms with van der Waals surface area (Å²) >= 11 is 1.23. The van der Waals surface area contributed by atoms with E-state index in [-0.39, 0.29) is 6.54 Å². The molecule has 0 atom stereocenters. The Morgan fingerprint density at radius 1 is 1.03 bits per heavy atom. The maximum Gasteiger partial charge on any atom is 0.246 e. The van der Waals surface area contributed by atoms with Crippen LogP contribution >= 0.6 is 11.3 Å². The Bertz CT molecular complexity index is 1140. The summed E-state index contributed by atoms with van der Waals surface area (Å²) in [6, 6.07) is 13.3. The zero-order chi connectivity index (χ0) is 21.2. The van der Waals surface area contributed by atoms with Gasteiger partial charge in [0.2, 0.25) is 21.1 Å². The summed E-state index contributed by atoms with van der Waals surface area (Å²) < 4.78 is 25.7. The molecule has 0 saturated heterocycles. The third-order valence-electron chi connectivity index (χ3n) is 4.29. The van der Waals surface area contributed by atoms with Gasteiger partial charge >= 0.3 is 0 Å². The molecule has 0 bridgehead atoms. The van der Waals surface area contributed by atoms with Gasteiger partial charge in [-0.25, -0.2) is 8.42 Å². The number of rotatable bonds is 6.